The lowest BCUT2D eigenvalue weighted by atomic mass is 10.2. The number of para-hydroxylation sites is 1. The molecule has 0 unspecified atom stereocenters. The van der Waals surface area contributed by atoms with E-state index in [1.165, 1.54) is 0 Å². The molecule has 0 aliphatic carbocycles. The van der Waals surface area contributed by atoms with Crippen LogP contribution in [0.15, 0.2) is 51.4 Å². The fourth-order valence-electron chi connectivity index (χ4n) is 1.90. The van der Waals surface area contributed by atoms with Gasteiger partial charge in [-0.15, -0.1) is 10.2 Å². The molecule has 0 radical (unpaired) electrons. The molecule has 0 fully saturated rings. The summed E-state index contributed by atoms with van der Waals surface area (Å²) in [4.78, 5) is 0. The summed E-state index contributed by atoms with van der Waals surface area (Å²) in [5.74, 6) is 0.664. The maximum atomic E-state index is 6.07. The van der Waals surface area contributed by atoms with Crippen LogP contribution in [0.1, 0.15) is 0 Å². The average molecular weight is 414 g/mol. The van der Waals surface area contributed by atoms with E-state index in [0.29, 0.717) is 11.0 Å². The third-order valence-corrected chi connectivity index (χ3v) is 4.45. The number of rotatable bonds is 2. The molecule has 2 aromatic carbocycles. The minimum absolute atomic E-state index is 0.400. The number of hydrogen-bond acceptors (Lipinski definition) is 3. The predicted octanol–water partition coefficient (Wildman–Crippen LogP) is 5.55. The molecule has 1 aromatic heterocycles. The van der Waals surface area contributed by atoms with Gasteiger partial charge in [-0.1, -0.05) is 41.9 Å². The normalized spacial score (nSPS) is 10.8. The highest BCUT2D eigenvalue weighted by Gasteiger charge is 2.10. The van der Waals surface area contributed by atoms with E-state index in [0.717, 1.165) is 25.4 Å². The minimum Gasteiger partial charge on any atom is -0.336 e. The Labute approximate surface area is 137 Å². The monoisotopic (exact) mass is 411 g/mol. The summed E-state index contributed by atoms with van der Waals surface area (Å²) in [6.07, 6.45) is 0. The molecule has 1 N–H and O–H groups in total. The number of anilines is 2. The lowest BCUT2D eigenvalue weighted by molar-refractivity contribution is 1.05. The predicted molar refractivity (Wildman–Crippen MR) is 89.7 cm³/mol. The topological polar surface area (TPSA) is 37.8 Å². The van der Waals surface area contributed by atoms with Gasteiger partial charge in [0, 0.05) is 19.7 Å². The van der Waals surface area contributed by atoms with Crippen molar-refractivity contribution in [1.29, 1.82) is 0 Å². The lowest BCUT2D eigenvalue weighted by Gasteiger charge is -2.11. The van der Waals surface area contributed by atoms with Crippen molar-refractivity contribution in [2.24, 2.45) is 0 Å². The molecule has 0 amide bonds. The molecular weight excluding hydrogens is 405 g/mol. The zero-order valence-corrected chi connectivity index (χ0v) is 14.0. The molecule has 3 rings (SSSR count). The quantitative estimate of drug-likeness (QED) is 0.598. The number of nitrogens with one attached hydrogen (secondary N) is 1. The van der Waals surface area contributed by atoms with Crippen LogP contribution >= 0.6 is 43.5 Å². The van der Waals surface area contributed by atoms with E-state index >= 15 is 0 Å². The molecule has 0 aliphatic rings. The third-order valence-electron chi connectivity index (χ3n) is 2.85. The summed E-state index contributed by atoms with van der Waals surface area (Å²) in [6, 6.07) is 13.6. The zero-order chi connectivity index (χ0) is 14.1. The number of benzene rings is 2. The van der Waals surface area contributed by atoms with Gasteiger partial charge in [-0.2, -0.15) is 0 Å². The van der Waals surface area contributed by atoms with Gasteiger partial charge in [0.25, 0.3) is 0 Å². The number of aromatic nitrogens is 2. The van der Waals surface area contributed by atoms with E-state index < -0.39 is 0 Å². The maximum absolute atomic E-state index is 6.07. The molecule has 0 spiro atoms. The van der Waals surface area contributed by atoms with E-state index in [4.69, 9.17) is 11.6 Å². The summed E-state index contributed by atoms with van der Waals surface area (Å²) in [6.45, 7) is 0. The first-order valence-electron chi connectivity index (χ1n) is 5.79. The van der Waals surface area contributed by atoms with Gasteiger partial charge in [0.2, 0.25) is 0 Å². The van der Waals surface area contributed by atoms with Crippen LogP contribution in [0.4, 0.5) is 11.5 Å². The van der Waals surface area contributed by atoms with Gasteiger partial charge >= 0.3 is 0 Å². The number of fused-ring (bicyclic) bond motifs is 1. The number of nitrogens with zero attached hydrogens (tertiary/aromatic N) is 2. The van der Waals surface area contributed by atoms with Gasteiger partial charge in [-0.25, -0.2) is 0 Å². The average Bonchev–Trinajstić information content (AvgIpc) is 2.46. The van der Waals surface area contributed by atoms with Crippen LogP contribution in [-0.4, -0.2) is 10.2 Å². The Morgan fingerprint density at radius 1 is 0.850 bits per heavy atom. The number of hydrogen-bond donors (Lipinski definition) is 1. The van der Waals surface area contributed by atoms with Gasteiger partial charge in [-0.05, 0) is 44.0 Å². The number of halogens is 3. The van der Waals surface area contributed by atoms with Crippen molar-refractivity contribution in [1.82, 2.24) is 10.2 Å². The van der Waals surface area contributed by atoms with Crippen LogP contribution in [0.2, 0.25) is 5.15 Å². The molecule has 3 nitrogen and oxygen atoms in total. The summed E-state index contributed by atoms with van der Waals surface area (Å²) < 4.78 is 1.88. The van der Waals surface area contributed by atoms with Gasteiger partial charge in [0.05, 0.1) is 5.69 Å². The van der Waals surface area contributed by atoms with Crippen LogP contribution in [0, 0.1) is 0 Å². The van der Waals surface area contributed by atoms with Crippen LogP contribution in [0.3, 0.4) is 0 Å². The SMILES string of the molecule is Clc1nnc(Nc2c(Br)cccc2Br)c2ccccc12. The highest BCUT2D eigenvalue weighted by Crippen LogP contribution is 2.35. The molecule has 20 heavy (non-hydrogen) atoms. The van der Waals surface area contributed by atoms with Gasteiger partial charge in [0.1, 0.15) is 0 Å². The Bertz CT molecular complexity index is 772. The van der Waals surface area contributed by atoms with E-state index in [9.17, 15) is 0 Å². The van der Waals surface area contributed by atoms with E-state index in [2.05, 4.69) is 47.4 Å². The van der Waals surface area contributed by atoms with E-state index in [1.807, 2.05) is 42.5 Å². The molecule has 0 saturated heterocycles. The minimum atomic E-state index is 0.400. The Morgan fingerprint density at radius 3 is 2.20 bits per heavy atom. The molecule has 3 aromatic rings. The second kappa shape index (κ2) is 5.68. The van der Waals surface area contributed by atoms with Crippen molar-refractivity contribution in [2.75, 3.05) is 5.32 Å². The van der Waals surface area contributed by atoms with Crippen LogP contribution in [0.25, 0.3) is 10.8 Å². The van der Waals surface area contributed by atoms with E-state index in [-0.39, 0.29) is 0 Å². The molecule has 0 aliphatic heterocycles. The standard InChI is InChI=1S/C14H8Br2ClN3/c15-10-6-3-7-11(16)12(10)18-14-9-5-2-1-4-8(9)13(17)19-20-14/h1-7H,(H,18,20). The van der Waals surface area contributed by atoms with Gasteiger partial charge in [-0.3, -0.25) is 0 Å². The Balaban J connectivity index is 2.14. The first kappa shape index (κ1) is 13.8. The summed E-state index contributed by atoms with van der Waals surface area (Å²) in [5, 5.41) is 13.6. The Morgan fingerprint density at radius 2 is 1.50 bits per heavy atom. The smallest absolute Gasteiger partial charge is 0.161 e. The maximum Gasteiger partial charge on any atom is 0.161 e. The molecule has 6 heteroatoms. The van der Waals surface area contributed by atoms with Crippen LogP contribution in [0.5, 0.6) is 0 Å². The van der Waals surface area contributed by atoms with Crippen molar-refractivity contribution < 1.29 is 0 Å². The van der Waals surface area contributed by atoms with Crippen LogP contribution in [-0.2, 0) is 0 Å². The molecule has 0 saturated carbocycles. The highest BCUT2D eigenvalue weighted by atomic mass is 79.9. The summed E-state index contributed by atoms with van der Waals surface area (Å²) in [7, 11) is 0. The molecule has 0 atom stereocenters. The largest absolute Gasteiger partial charge is 0.336 e. The molecule has 1 heterocycles. The fourth-order valence-corrected chi connectivity index (χ4v) is 3.30. The summed E-state index contributed by atoms with van der Waals surface area (Å²) >= 11 is 13.1. The summed E-state index contributed by atoms with van der Waals surface area (Å²) in [5.41, 5.74) is 0.897. The van der Waals surface area contributed by atoms with Gasteiger partial charge < -0.3 is 5.32 Å². The zero-order valence-electron chi connectivity index (χ0n) is 10.1. The Hall–Kier alpha value is -1.17. The van der Waals surface area contributed by atoms with Crippen LogP contribution < -0.4 is 5.32 Å². The third kappa shape index (κ3) is 2.53. The molecular formula is C14H8Br2ClN3. The second-order valence-corrected chi connectivity index (χ2v) is 6.17. The first-order chi connectivity index (χ1) is 9.66. The molecule has 0 bridgehead atoms. The van der Waals surface area contributed by atoms with E-state index in [1.54, 1.807) is 0 Å². The van der Waals surface area contributed by atoms with Gasteiger partial charge in [0.15, 0.2) is 11.0 Å². The van der Waals surface area contributed by atoms with Crippen molar-refractivity contribution in [3.63, 3.8) is 0 Å². The highest BCUT2D eigenvalue weighted by molar-refractivity contribution is 9.11. The fraction of sp³-hybridized carbons (Fsp3) is 0. The van der Waals surface area contributed by atoms with Crippen molar-refractivity contribution in [2.45, 2.75) is 0 Å². The van der Waals surface area contributed by atoms with Crippen molar-refractivity contribution >= 4 is 65.7 Å². The Kier molecular flexibility index (Phi) is 3.92. The molecule has 100 valence electrons. The van der Waals surface area contributed by atoms with Crippen molar-refractivity contribution in [3.8, 4) is 0 Å². The second-order valence-electron chi connectivity index (χ2n) is 4.11. The first-order valence-corrected chi connectivity index (χ1v) is 7.75. The van der Waals surface area contributed by atoms with Crippen molar-refractivity contribution in [3.05, 3.63) is 56.6 Å². The lowest BCUT2D eigenvalue weighted by Crippen LogP contribution is -1.99.